The lowest BCUT2D eigenvalue weighted by molar-refractivity contribution is -0.120. The molecular weight excluding hydrogens is 466 g/mol. The quantitative estimate of drug-likeness (QED) is 0.513. The average Bonchev–Trinajstić information content (AvgIpc) is 3.45. The molecular formula is C24H17BrClNO3. The Hall–Kier alpha value is -2.63. The highest BCUT2D eigenvalue weighted by molar-refractivity contribution is 9.10. The van der Waals surface area contributed by atoms with Crippen LogP contribution in [0.2, 0.25) is 5.02 Å². The van der Waals surface area contributed by atoms with Crippen molar-refractivity contribution in [3.8, 4) is 0 Å². The molecule has 1 aliphatic heterocycles. The number of carbonyl (C=O) groups excluding carboxylic acids is 1. The summed E-state index contributed by atoms with van der Waals surface area (Å²) in [4.78, 5) is 26.8. The van der Waals surface area contributed by atoms with E-state index in [2.05, 4.69) is 15.9 Å². The fraction of sp³-hybridized carbons (Fsp3) is 0.167. The minimum absolute atomic E-state index is 0.0660. The summed E-state index contributed by atoms with van der Waals surface area (Å²) in [5.41, 5.74) is 3.45. The van der Waals surface area contributed by atoms with Gasteiger partial charge in [0.1, 0.15) is 0 Å². The Balaban J connectivity index is 1.54. The summed E-state index contributed by atoms with van der Waals surface area (Å²) in [6, 6.07) is 20.4. The maximum atomic E-state index is 13.7. The fourth-order valence-corrected chi connectivity index (χ4v) is 5.09. The van der Waals surface area contributed by atoms with Crippen molar-refractivity contribution in [2.24, 2.45) is 0 Å². The molecule has 0 aromatic heterocycles. The molecule has 1 heterocycles. The standard InChI is InChI=1S/C24H17BrClNO3/c25-17-6-9-21-19(11-17)24(12-20(24)15-4-7-18(26)8-5-15)23(30)27(21)13-14-2-1-3-16(10-14)22(28)29/h1-11,20H,12-13H2,(H,28,29)/t20-,24+/m0/s1. The van der Waals surface area contributed by atoms with Crippen molar-refractivity contribution in [2.75, 3.05) is 4.90 Å². The van der Waals surface area contributed by atoms with Crippen molar-refractivity contribution in [1.29, 1.82) is 0 Å². The molecule has 1 aliphatic carbocycles. The van der Waals surface area contributed by atoms with E-state index in [0.717, 1.165) is 33.3 Å². The van der Waals surface area contributed by atoms with Crippen molar-refractivity contribution in [1.82, 2.24) is 0 Å². The lowest BCUT2D eigenvalue weighted by Gasteiger charge is -2.19. The zero-order valence-electron chi connectivity index (χ0n) is 15.8. The topological polar surface area (TPSA) is 57.6 Å². The minimum Gasteiger partial charge on any atom is -0.478 e. The van der Waals surface area contributed by atoms with Crippen molar-refractivity contribution < 1.29 is 14.7 Å². The predicted octanol–water partition coefficient (Wildman–Crippen LogP) is 5.77. The van der Waals surface area contributed by atoms with Crippen LogP contribution in [0.25, 0.3) is 0 Å². The summed E-state index contributed by atoms with van der Waals surface area (Å²) in [6.45, 7) is 0.337. The molecule has 4 nitrogen and oxygen atoms in total. The number of aromatic carboxylic acids is 1. The van der Waals surface area contributed by atoms with E-state index < -0.39 is 11.4 Å². The Labute approximate surface area is 187 Å². The highest BCUT2D eigenvalue weighted by Crippen LogP contribution is 2.66. The molecule has 5 rings (SSSR count). The third-order valence-corrected chi connectivity index (χ3v) is 6.85. The maximum Gasteiger partial charge on any atom is 0.335 e. The molecule has 0 bridgehead atoms. The second-order valence-corrected chi connectivity index (χ2v) is 9.19. The molecule has 1 amide bonds. The van der Waals surface area contributed by atoms with E-state index in [4.69, 9.17) is 11.6 Å². The number of benzene rings is 3. The van der Waals surface area contributed by atoms with Crippen LogP contribution in [0.5, 0.6) is 0 Å². The molecule has 0 saturated heterocycles. The zero-order chi connectivity index (χ0) is 21.0. The van der Waals surface area contributed by atoms with Gasteiger partial charge in [-0.25, -0.2) is 4.79 Å². The van der Waals surface area contributed by atoms with E-state index >= 15 is 0 Å². The van der Waals surface area contributed by atoms with Gasteiger partial charge in [0, 0.05) is 21.1 Å². The Morgan fingerprint density at radius 1 is 1.13 bits per heavy atom. The smallest absolute Gasteiger partial charge is 0.335 e. The number of carbonyl (C=O) groups is 2. The molecule has 2 aliphatic rings. The van der Waals surface area contributed by atoms with Crippen LogP contribution >= 0.6 is 27.5 Å². The molecule has 3 aromatic rings. The Morgan fingerprint density at radius 3 is 2.63 bits per heavy atom. The molecule has 1 fully saturated rings. The van der Waals surface area contributed by atoms with Gasteiger partial charge in [0.25, 0.3) is 0 Å². The molecule has 6 heteroatoms. The van der Waals surface area contributed by atoms with E-state index in [0.29, 0.717) is 11.6 Å². The number of anilines is 1. The summed E-state index contributed by atoms with van der Waals surface area (Å²) in [5, 5.41) is 9.96. The third-order valence-electron chi connectivity index (χ3n) is 6.10. The Kier molecular flexibility index (Phi) is 4.49. The SMILES string of the molecule is O=C(O)c1cccc(CN2C(=O)[C@]3(C[C@H]3c3ccc(Cl)cc3)c3cc(Br)ccc32)c1. The first kappa shape index (κ1) is 19.3. The normalized spacial score (nSPS) is 21.7. The molecule has 1 N–H and O–H groups in total. The van der Waals surface area contributed by atoms with Crippen LogP contribution in [0.4, 0.5) is 5.69 Å². The van der Waals surface area contributed by atoms with Crippen LogP contribution < -0.4 is 4.90 Å². The van der Waals surface area contributed by atoms with Crippen LogP contribution in [0.15, 0.2) is 71.2 Å². The number of amides is 1. The molecule has 1 spiro atoms. The molecule has 150 valence electrons. The number of carboxylic acid groups (broad SMARTS) is 1. The molecule has 30 heavy (non-hydrogen) atoms. The van der Waals surface area contributed by atoms with Gasteiger partial charge >= 0.3 is 5.97 Å². The largest absolute Gasteiger partial charge is 0.478 e. The van der Waals surface area contributed by atoms with E-state index in [9.17, 15) is 14.7 Å². The number of fused-ring (bicyclic) bond motifs is 2. The molecule has 1 saturated carbocycles. The monoisotopic (exact) mass is 481 g/mol. The summed E-state index contributed by atoms with van der Waals surface area (Å²) in [7, 11) is 0. The lowest BCUT2D eigenvalue weighted by Crippen LogP contribution is -2.32. The molecule has 3 aromatic carbocycles. The van der Waals surface area contributed by atoms with Crippen LogP contribution in [0, 0.1) is 0 Å². The van der Waals surface area contributed by atoms with Gasteiger partial charge in [-0.2, -0.15) is 0 Å². The highest BCUT2D eigenvalue weighted by Gasteiger charge is 2.67. The summed E-state index contributed by atoms with van der Waals surface area (Å²) in [6.07, 6.45) is 0.753. The van der Waals surface area contributed by atoms with E-state index in [1.54, 1.807) is 23.1 Å². The van der Waals surface area contributed by atoms with Crippen molar-refractivity contribution >= 4 is 45.1 Å². The first-order valence-electron chi connectivity index (χ1n) is 9.60. The Morgan fingerprint density at radius 2 is 1.90 bits per heavy atom. The van der Waals surface area contributed by atoms with Crippen molar-refractivity contribution in [3.63, 3.8) is 0 Å². The molecule has 0 radical (unpaired) electrons. The molecule has 2 atom stereocenters. The summed E-state index contributed by atoms with van der Waals surface area (Å²) >= 11 is 9.59. The van der Waals surface area contributed by atoms with Crippen molar-refractivity contribution in [2.45, 2.75) is 24.3 Å². The fourth-order valence-electron chi connectivity index (χ4n) is 4.60. The first-order chi connectivity index (χ1) is 14.4. The van der Waals surface area contributed by atoms with Gasteiger partial charge in [-0.1, -0.05) is 51.8 Å². The van der Waals surface area contributed by atoms with Gasteiger partial charge in [0.2, 0.25) is 5.91 Å². The predicted molar refractivity (Wildman–Crippen MR) is 119 cm³/mol. The van der Waals surface area contributed by atoms with E-state index in [1.807, 2.05) is 48.5 Å². The second-order valence-electron chi connectivity index (χ2n) is 7.84. The minimum atomic E-state index is -0.976. The maximum absolute atomic E-state index is 13.7. The number of carboxylic acids is 1. The average molecular weight is 483 g/mol. The zero-order valence-corrected chi connectivity index (χ0v) is 18.2. The van der Waals surface area contributed by atoms with Gasteiger partial charge in [-0.3, -0.25) is 4.79 Å². The van der Waals surface area contributed by atoms with Crippen LogP contribution in [0.1, 0.15) is 39.4 Å². The molecule has 0 unspecified atom stereocenters. The van der Waals surface area contributed by atoms with Crippen LogP contribution in [-0.2, 0) is 16.8 Å². The van der Waals surface area contributed by atoms with E-state index in [-0.39, 0.29) is 17.4 Å². The third kappa shape index (κ3) is 2.96. The number of rotatable bonds is 4. The first-order valence-corrected chi connectivity index (χ1v) is 10.8. The highest BCUT2D eigenvalue weighted by atomic mass is 79.9. The number of halogens is 2. The van der Waals surface area contributed by atoms with Gasteiger partial charge in [0.15, 0.2) is 0 Å². The van der Waals surface area contributed by atoms with Gasteiger partial charge < -0.3 is 10.0 Å². The summed E-state index contributed by atoms with van der Waals surface area (Å²) < 4.78 is 0.935. The lowest BCUT2D eigenvalue weighted by atomic mass is 9.92. The van der Waals surface area contributed by atoms with Gasteiger partial charge in [-0.15, -0.1) is 0 Å². The number of hydrogen-bond acceptors (Lipinski definition) is 2. The van der Waals surface area contributed by atoms with Crippen LogP contribution in [0.3, 0.4) is 0 Å². The van der Waals surface area contributed by atoms with E-state index in [1.165, 1.54) is 0 Å². The van der Waals surface area contributed by atoms with Gasteiger partial charge in [-0.05, 0) is 65.6 Å². The number of hydrogen-bond donors (Lipinski definition) is 1. The number of nitrogens with zero attached hydrogens (tertiary/aromatic N) is 1. The Bertz CT molecular complexity index is 1190. The summed E-state index contributed by atoms with van der Waals surface area (Å²) in [5.74, 6) is -0.808. The second kappa shape index (κ2) is 6.96. The van der Waals surface area contributed by atoms with Crippen LogP contribution in [-0.4, -0.2) is 17.0 Å². The van der Waals surface area contributed by atoms with Crippen molar-refractivity contribution in [3.05, 3.63) is 98.5 Å². The van der Waals surface area contributed by atoms with Gasteiger partial charge in [0.05, 0.1) is 17.5 Å².